The minimum Gasteiger partial charge on any atom is -0.329 e. The maximum Gasteiger partial charge on any atom is 0.0336 e. The van der Waals surface area contributed by atoms with E-state index in [1.165, 1.54) is 49.8 Å². The first-order chi connectivity index (χ1) is 9.69. The van der Waals surface area contributed by atoms with Crippen molar-refractivity contribution in [2.75, 3.05) is 6.54 Å². The van der Waals surface area contributed by atoms with Crippen LogP contribution >= 0.6 is 11.3 Å². The number of hydrogen-bond donors (Lipinski definition) is 1. The Morgan fingerprint density at radius 2 is 2.15 bits per heavy atom. The summed E-state index contributed by atoms with van der Waals surface area (Å²) in [6.45, 7) is 6.52. The number of thiophene rings is 1. The summed E-state index contributed by atoms with van der Waals surface area (Å²) in [5.41, 5.74) is 6.36. The van der Waals surface area contributed by atoms with Crippen LogP contribution in [0.15, 0.2) is 17.5 Å². The second-order valence-corrected chi connectivity index (χ2v) is 7.48. The Balaban J connectivity index is 1.96. The molecular weight excluding hydrogens is 264 g/mol. The maximum atomic E-state index is 6.18. The Morgan fingerprint density at radius 3 is 2.70 bits per heavy atom. The van der Waals surface area contributed by atoms with Crippen LogP contribution in [0.5, 0.6) is 0 Å². The molecule has 0 bridgehead atoms. The van der Waals surface area contributed by atoms with E-state index in [0.717, 1.165) is 19.1 Å². The van der Waals surface area contributed by atoms with Crippen LogP contribution in [0.25, 0.3) is 0 Å². The van der Waals surface area contributed by atoms with Crippen molar-refractivity contribution in [3.05, 3.63) is 22.4 Å². The van der Waals surface area contributed by atoms with E-state index < -0.39 is 0 Å². The molecule has 1 unspecified atom stereocenters. The third-order valence-electron chi connectivity index (χ3n) is 4.60. The SMILES string of the molecule is CCCCCCC(C)(CN)N(Cc1cccs1)C1CC1. The second kappa shape index (κ2) is 7.58. The fraction of sp³-hybridized carbons (Fsp3) is 0.765. The molecule has 20 heavy (non-hydrogen) atoms. The summed E-state index contributed by atoms with van der Waals surface area (Å²) in [5, 5.41) is 2.18. The molecule has 114 valence electrons. The lowest BCUT2D eigenvalue weighted by Crippen LogP contribution is -2.52. The van der Waals surface area contributed by atoms with E-state index in [2.05, 4.69) is 36.3 Å². The lowest BCUT2D eigenvalue weighted by atomic mass is 9.91. The van der Waals surface area contributed by atoms with E-state index in [9.17, 15) is 0 Å². The van der Waals surface area contributed by atoms with Crippen LogP contribution in [0.3, 0.4) is 0 Å². The van der Waals surface area contributed by atoms with Gasteiger partial charge >= 0.3 is 0 Å². The van der Waals surface area contributed by atoms with E-state index in [1.54, 1.807) is 0 Å². The van der Waals surface area contributed by atoms with Crippen molar-refractivity contribution >= 4 is 11.3 Å². The fourth-order valence-corrected chi connectivity index (χ4v) is 3.72. The molecule has 1 aliphatic rings. The van der Waals surface area contributed by atoms with E-state index in [-0.39, 0.29) is 5.54 Å². The summed E-state index contributed by atoms with van der Waals surface area (Å²) < 4.78 is 0. The summed E-state index contributed by atoms with van der Waals surface area (Å²) in [6, 6.07) is 5.19. The van der Waals surface area contributed by atoms with Crippen molar-refractivity contribution < 1.29 is 0 Å². The second-order valence-electron chi connectivity index (χ2n) is 6.45. The van der Waals surface area contributed by atoms with E-state index in [0.29, 0.717) is 0 Å². The third-order valence-corrected chi connectivity index (χ3v) is 5.46. The van der Waals surface area contributed by atoms with Crippen LogP contribution in [0.1, 0.15) is 63.7 Å². The van der Waals surface area contributed by atoms with Crippen LogP contribution in [-0.4, -0.2) is 23.0 Å². The van der Waals surface area contributed by atoms with Gasteiger partial charge in [-0.2, -0.15) is 0 Å². The van der Waals surface area contributed by atoms with Crippen molar-refractivity contribution in [3.63, 3.8) is 0 Å². The van der Waals surface area contributed by atoms with Gasteiger partial charge in [-0.25, -0.2) is 0 Å². The number of rotatable bonds is 10. The molecule has 0 saturated heterocycles. The molecule has 0 aromatic carbocycles. The highest BCUT2D eigenvalue weighted by atomic mass is 32.1. The van der Waals surface area contributed by atoms with Gasteiger partial charge in [-0.05, 0) is 37.6 Å². The highest BCUT2D eigenvalue weighted by Gasteiger charge is 2.40. The first-order valence-electron chi connectivity index (χ1n) is 8.19. The van der Waals surface area contributed by atoms with Crippen molar-refractivity contribution in [3.8, 4) is 0 Å². The van der Waals surface area contributed by atoms with Crippen LogP contribution in [0, 0.1) is 0 Å². The zero-order valence-corrected chi connectivity index (χ0v) is 13.9. The minimum absolute atomic E-state index is 0.179. The van der Waals surface area contributed by atoms with Gasteiger partial charge < -0.3 is 5.73 Å². The molecule has 1 aliphatic carbocycles. The van der Waals surface area contributed by atoms with Crippen molar-refractivity contribution in [1.82, 2.24) is 4.90 Å². The molecule has 1 heterocycles. The lowest BCUT2D eigenvalue weighted by molar-refractivity contribution is 0.0820. The molecule has 0 aliphatic heterocycles. The smallest absolute Gasteiger partial charge is 0.0336 e. The molecule has 2 nitrogen and oxygen atoms in total. The highest BCUT2D eigenvalue weighted by Crippen LogP contribution is 2.37. The van der Waals surface area contributed by atoms with E-state index in [1.807, 2.05) is 11.3 Å². The molecule has 0 amide bonds. The number of unbranched alkanes of at least 4 members (excludes halogenated alkanes) is 3. The summed E-state index contributed by atoms with van der Waals surface area (Å²) >= 11 is 1.87. The quantitative estimate of drug-likeness (QED) is 0.648. The summed E-state index contributed by atoms with van der Waals surface area (Å²) in [6.07, 6.45) is 9.28. The maximum absolute atomic E-state index is 6.18. The minimum atomic E-state index is 0.179. The average Bonchev–Trinajstić information content (AvgIpc) is 3.17. The summed E-state index contributed by atoms with van der Waals surface area (Å²) in [4.78, 5) is 4.18. The molecule has 1 aromatic rings. The molecule has 1 saturated carbocycles. The Morgan fingerprint density at radius 1 is 1.35 bits per heavy atom. The predicted octanol–water partition coefficient (Wildman–Crippen LogP) is 4.40. The van der Waals surface area contributed by atoms with Crippen LogP contribution in [0.4, 0.5) is 0 Å². The van der Waals surface area contributed by atoms with Gasteiger partial charge in [-0.3, -0.25) is 4.90 Å². The number of nitrogens with zero attached hydrogens (tertiary/aromatic N) is 1. The molecule has 3 heteroatoms. The molecular formula is C17H30N2S. The van der Waals surface area contributed by atoms with Crippen LogP contribution < -0.4 is 5.73 Å². The van der Waals surface area contributed by atoms with Crippen molar-refractivity contribution in [1.29, 1.82) is 0 Å². The summed E-state index contributed by atoms with van der Waals surface area (Å²) in [7, 11) is 0. The van der Waals surface area contributed by atoms with Gasteiger partial charge in [0.2, 0.25) is 0 Å². The third kappa shape index (κ3) is 4.31. The normalized spacial score (nSPS) is 18.4. The average molecular weight is 295 g/mol. The standard InChI is InChI=1S/C17H30N2S/c1-3-4-5-6-11-17(2,14-18)19(15-9-10-15)13-16-8-7-12-20-16/h7-8,12,15H,3-6,9-11,13-14,18H2,1-2H3. The summed E-state index contributed by atoms with van der Waals surface area (Å²) in [5.74, 6) is 0. The van der Waals surface area contributed by atoms with Gasteiger partial charge in [0.25, 0.3) is 0 Å². The predicted molar refractivity (Wildman–Crippen MR) is 89.1 cm³/mol. The largest absolute Gasteiger partial charge is 0.329 e. The van der Waals surface area contributed by atoms with Gasteiger partial charge in [0.15, 0.2) is 0 Å². The molecule has 1 fully saturated rings. The highest BCUT2D eigenvalue weighted by molar-refractivity contribution is 7.09. The lowest BCUT2D eigenvalue weighted by Gasteiger charge is -2.41. The van der Waals surface area contributed by atoms with Gasteiger partial charge in [0.1, 0.15) is 0 Å². The van der Waals surface area contributed by atoms with Gasteiger partial charge in [-0.15, -0.1) is 11.3 Å². The zero-order chi connectivity index (χ0) is 14.4. The van der Waals surface area contributed by atoms with Gasteiger partial charge in [0, 0.05) is 29.5 Å². The molecule has 1 atom stereocenters. The van der Waals surface area contributed by atoms with Crippen LogP contribution in [0.2, 0.25) is 0 Å². The Kier molecular flexibility index (Phi) is 6.06. The monoisotopic (exact) mass is 294 g/mol. The Labute approximate surface area is 128 Å². The molecule has 1 aromatic heterocycles. The Hall–Kier alpha value is -0.380. The van der Waals surface area contributed by atoms with Crippen LogP contribution in [-0.2, 0) is 6.54 Å². The van der Waals surface area contributed by atoms with Crippen molar-refractivity contribution in [2.24, 2.45) is 5.73 Å². The molecule has 0 radical (unpaired) electrons. The van der Waals surface area contributed by atoms with E-state index >= 15 is 0 Å². The molecule has 2 N–H and O–H groups in total. The number of hydrogen-bond acceptors (Lipinski definition) is 3. The fourth-order valence-electron chi connectivity index (χ4n) is 3.01. The van der Waals surface area contributed by atoms with Crippen molar-refractivity contribution in [2.45, 2.75) is 76.9 Å². The zero-order valence-electron chi connectivity index (χ0n) is 13.1. The Bertz CT molecular complexity index is 372. The number of nitrogens with two attached hydrogens (primary N) is 1. The first-order valence-corrected chi connectivity index (χ1v) is 9.07. The van der Waals surface area contributed by atoms with Gasteiger partial charge in [-0.1, -0.05) is 38.7 Å². The van der Waals surface area contributed by atoms with E-state index in [4.69, 9.17) is 5.73 Å². The first kappa shape index (κ1) is 16.0. The molecule has 0 spiro atoms. The molecule has 2 rings (SSSR count). The van der Waals surface area contributed by atoms with Gasteiger partial charge in [0.05, 0.1) is 0 Å². The topological polar surface area (TPSA) is 29.3 Å².